The molecule has 0 bridgehead atoms. The first-order valence-electron chi connectivity index (χ1n) is 8.15. The summed E-state index contributed by atoms with van der Waals surface area (Å²) in [5.41, 5.74) is 3.20. The van der Waals surface area contributed by atoms with Crippen LogP contribution in [0.1, 0.15) is 23.1 Å². The van der Waals surface area contributed by atoms with Gasteiger partial charge >= 0.3 is 5.97 Å². The molecule has 24 heavy (non-hydrogen) atoms. The molecule has 0 radical (unpaired) electrons. The SMILES string of the molecule is Cc1ccc(COC(=O)C2CC(=O)N(Cc3ccccc3)C2)cc1. The van der Waals surface area contributed by atoms with Gasteiger partial charge in [0.2, 0.25) is 5.91 Å². The molecule has 0 spiro atoms. The van der Waals surface area contributed by atoms with Gasteiger partial charge in [0.25, 0.3) is 0 Å². The summed E-state index contributed by atoms with van der Waals surface area (Å²) in [6, 6.07) is 17.7. The topological polar surface area (TPSA) is 46.6 Å². The maximum absolute atomic E-state index is 12.2. The highest BCUT2D eigenvalue weighted by Gasteiger charge is 2.35. The molecule has 1 amide bonds. The summed E-state index contributed by atoms with van der Waals surface area (Å²) >= 11 is 0. The molecule has 1 fully saturated rings. The van der Waals surface area contributed by atoms with E-state index in [1.165, 1.54) is 5.56 Å². The zero-order chi connectivity index (χ0) is 16.9. The fourth-order valence-electron chi connectivity index (χ4n) is 2.84. The molecule has 0 N–H and O–H groups in total. The average molecular weight is 323 g/mol. The minimum Gasteiger partial charge on any atom is -0.461 e. The van der Waals surface area contributed by atoms with E-state index < -0.39 is 0 Å². The van der Waals surface area contributed by atoms with E-state index in [0.717, 1.165) is 11.1 Å². The van der Waals surface area contributed by atoms with Crippen molar-refractivity contribution in [3.63, 3.8) is 0 Å². The molecule has 2 aromatic carbocycles. The van der Waals surface area contributed by atoms with Crippen molar-refractivity contribution in [3.8, 4) is 0 Å². The number of nitrogens with zero attached hydrogens (tertiary/aromatic N) is 1. The number of aryl methyl sites for hydroxylation is 1. The summed E-state index contributed by atoms with van der Waals surface area (Å²) in [6.07, 6.45) is 0.236. The Morgan fingerprint density at radius 3 is 2.50 bits per heavy atom. The molecular weight excluding hydrogens is 302 g/mol. The van der Waals surface area contributed by atoms with Gasteiger partial charge in [0.05, 0.1) is 5.92 Å². The highest BCUT2D eigenvalue weighted by atomic mass is 16.5. The van der Waals surface area contributed by atoms with Gasteiger partial charge in [-0.15, -0.1) is 0 Å². The Hall–Kier alpha value is -2.62. The number of rotatable bonds is 5. The summed E-state index contributed by atoms with van der Waals surface area (Å²) in [5.74, 6) is -0.651. The quantitative estimate of drug-likeness (QED) is 0.795. The van der Waals surface area contributed by atoms with Crippen LogP contribution in [0.25, 0.3) is 0 Å². The van der Waals surface area contributed by atoms with Gasteiger partial charge in [-0.05, 0) is 18.1 Å². The third-order valence-corrected chi connectivity index (χ3v) is 4.27. The van der Waals surface area contributed by atoms with E-state index in [4.69, 9.17) is 4.74 Å². The smallest absolute Gasteiger partial charge is 0.311 e. The third-order valence-electron chi connectivity index (χ3n) is 4.27. The molecule has 1 aliphatic heterocycles. The van der Waals surface area contributed by atoms with Crippen LogP contribution < -0.4 is 0 Å². The zero-order valence-corrected chi connectivity index (χ0v) is 13.8. The van der Waals surface area contributed by atoms with Crippen molar-refractivity contribution >= 4 is 11.9 Å². The minimum absolute atomic E-state index is 0.0103. The molecule has 0 aliphatic carbocycles. The number of esters is 1. The lowest BCUT2D eigenvalue weighted by atomic mass is 10.1. The number of ether oxygens (including phenoxy) is 1. The van der Waals surface area contributed by atoms with Crippen molar-refractivity contribution in [2.45, 2.75) is 26.5 Å². The summed E-state index contributed by atoms with van der Waals surface area (Å²) in [7, 11) is 0. The van der Waals surface area contributed by atoms with Gasteiger partial charge in [-0.3, -0.25) is 9.59 Å². The summed E-state index contributed by atoms with van der Waals surface area (Å²) in [5, 5.41) is 0. The van der Waals surface area contributed by atoms with E-state index in [-0.39, 0.29) is 30.8 Å². The van der Waals surface area contributed by atoms with Crippen LogP contribution in [-0.4, -0.2) is 23.3 Å². The van der Waals surface area contributed by atoms with Crippen molar-refractivity contribution in [2.75, 3.05) is 6.54 Å². The second-order valence-electron chi connectivity index (χ2n) is 6.25. The van der Waals surface area contributed by atoms with Crippen LogP contribution in [0.2, 0.25) is 0 Å². The number of carbonyl (C=O) groups is 2. The Labute approximate surface area is 142 Å². The Balaban J connectivity index is 1.53. The molecule has 0 aromatic heterocycles. The standard InChI is InChI=1S/C20H21NO3/c1-15-7-9-17(10-8-15)14-24-20(23)18-11-19(22)21(13-18)12-16-5-3-2-4-6-16/h2-10,18H,11-14H2,1H3. The molecule has 1 heterocycles. The van der Waals surface area contributed by atoms with E-state index >= 15 is 0 Å². The van der Waals surface area contributed by atoms with Gasteiger partial charge in [-0.1, -0.05) is 60.2 Å². The fourth-order valence-corrected chi connectivity index (χ4v) is 2.84. The van der Waals surface area contributed by atoms with E-state index in [1.807, 2.05) is 61.5 Å². The highest BCUT2D eigenvalue weighted by Crippen LogP contribution is 2.22. The molecule has 3 rings (SSSR count). The van der Waals surface area contributed by atoms with Crippen molar-refractivity contribution < 1.29 is 14.3 Å². The van der Waals surface area contributed by atoms with Crippen molar-refractivity contribution in [1.82, 2.24) is 4.90 Å². The number of carbonyl (C=O) groups excluding carboxylic acids is 2. The van der Waals surface area contributed by atoms with Crippen LogP contribution in [0.5, 0.6) is 0 Å². The molecule has 0 saturated carbocycles. The minimum atomic E-state index is -0.369. The number of benzene rings is 2. The van der Waals surface area contributed by atoms with Gasteiger partial charge in [-0.25, -0.2) is 0 Å². The molecule has 1 saturated heterocycles. The molecule has 4 heteroatoms. The maximum atomic E-state index is 12.2. The van der Waals surface area contributed by atoms with Crippen LogP contribution in [0, 0.1) is 12.8 Å². The number of likely N-dealkylation sites (tertiary alicyclic amines) is 1. The molecule has 4 nitrogen and oxygen atoms in total. The average Bonchev–Trinajstić information content (AvgIpc) is 2.96. The van der Waals surface area contributed by atoms with Crippen molar-refractivity contribution in [1.29, 1.82) is 0 Å². The van der Waals surface area contributed by atoms with Gasteiger partial charge in [0, 0.05) is 19.5 Å². The number of hydrogen-bond donors (Lipinski definition) is 0. The first-order chi connectivity index (χ1) is 11.6. The summed E-state index contributed by atoms with van der Waals surface area (Å²) in [4.78, 5) is 26.1. The maximum Gasteiger partial charge on any atom is 0.311 e. The summed E-state index contributed by atoms with van der Waals surface area (Å²) in [6.45, 7) is 3.24. The van der Waals surface area contributed by atoms with E-state index in [2.05, 4.69) is 0 Å². The van der Waals surface area contributed by atoms with E-state index in [9.17, 15) is 9.59 Å². The van der Waals surface area contributed by atoms with Crippen molar-refractivity contribution in [2.24, 2.45) is 5.92 Å². The Kier molecular flexibility index (Phi) is 4.94. The van der Waals surface area contributed by atoms with Gasteiger partial charge in [0.15, 0.2) is 0 Å². The third kappa shape index (κ3) is 4.02. The summed E-state index contributed by atoms with van der Waals surface area (Å²) < 4.78 is 5.38. The molecule has 1 atom stereocenters. The second-order valence-corrected chi connectivity index (χ2v) is 6.25. The second kappa shape index (κ2) is 7.30. The lowest BCUT2D eigenvalue weighted by Crippen LogP contribution is -2.26. The van der Waals surface area contributed by atoms with E-state index in [1.54, 1.807) is 4.90 Å². The molecular formula is C20H21NO3. The van der Waals surface area contributed by atoms with Crippen LogP contribution in [0.3, 0.4) is 0 Å². The van der Waals surface area contributed by atoms with Gasteiger partial charge in [-0.2, -0.15) is 0 Å². The van der Waals surface area contributed by atoms with Crippen LogP contribution >= 0.6 is 0 Å². The van der Waals surface area contributed by atoms with Gasteiger partial charge < -0.3 is 9.64 Å². The van der Waals surface area contributed by atoms with Crippen LogP contribution in [0.15, 0.2) is 54.6 Å². The lowest BCUT2D eigenvalue weighted by Gasteiger charge is -2.16. The Bertz CT molecular complexity index is 709. The number of amides is 1. The van der Waals surface area contributed by atoms with Crippen molar-refractivity contribution in [3.05, 3.63) is 71.3 Å². The Morgan fingerprint density at radius 2 is 1.79 bits per heavy atom. The molecule has 1 aliphatic rings. The highest BCUT2D eigenvalue weighted by molar-refractivity contribution is 5.86. The van der Waals surface area contributed by atoms with Crippen LogP contribution in [0.4, 0.5) is 0 Å². The molecule has 2 aromatic rings. The van der Waals surface area contributed by atoms with E-state index in [0.29, 0.717) is 13.1 Å². The first-order valence-corrected chi connectivity index (χ1v) is 8.15. The monoisotopic (exact) mass is 323 g/mol. The van der Waals surface area contributed by atoms with Crippen LogP contribution in [-0.2, 0) is 27.5 Å². The predicted molar refractivity (Wildman–Crippen MR) is 90.9 cm³/mol. The first kappa shape index (κ1) is 16.2. The normalized spacial score (nSPS) is 17.1. The largest absolute Gasteiger partial charge is 0.461 e. The predicted octanol–water partition coefficient (Wildman–Crippen LogP) is 3.09. The molecule has 1 unspecified atom stereocenters. The van der Waals surface area contributed by atoms with Gasteiger partial charge in [0.1, 0.15) is 6.61 Å². The fraction of sp³-hybridized carbons (Fsp3) is 0.300. The Morgan fingerprint density at radius 1 is 1.08 bits per heavy atom. The lowest BCUT2D eigenvalue weighted by molar-refractivity contribution is -0.149. The zero-order valence-electron chi connectivity index (χ0n) is 13.8. The number of hydrogen-bond acceptors (Lipinski definition) is 3. The molecule has 124 valence electrons.